The van der Waals surface area contributed by atoms with E-state index in [4.69, 9.17) is 9.97 Å². The number of rotatable bonds is 2. The lowest BCUT2D eigenvalue weighted by Crippen LogP contribution is -1.93. The molecule has 0 unspecified atom stereocenters. The van der Waals surface area contributed by atoms with E-state index < -0.39 is 0 Å². The third-order valence-electron chi connectivity index (χ3n) is 8.99. The van der Waals surface area contributed by atoms with Crippen LogP contribution in [0.4, 0.5) is 0 Å². The van der Waals surface area contributed by atoms with Gasteiger partial charge in [0.2, 0.25) is 0 Å². The van der Waals surface area contributed by atoms with Gasteiger partial charge in [-0.3, -0.25) is 9.38 Å². The Kier molecular flexibility index (Phi) is 4.87. The summed E-state index contributed by atoms with van der Waals surface area (Å²) in [4.78, 5) is 10.0. The molecule has 44 heavy (non-hydrogen) atoms. The molecule has 0 saturated heterocycles. The number of hydrogen-bond donors (Lipinski definition) is 0. The number of nitrogens with zero attached hydrogens (tertiary/aromatic N) is 3. The summed E-state index contributed by atoms with van der Waals surface area (Å²) < 4.78 is 4.87. The second kappa shape index (κ2) is 8.96. The number of hydrogen-bond acceptors (Lipinski definition) is 3. The average molecular weight is 578 g/mol. The highest BCUT2D eigenvalue weighted by atomic mass is 32.1. The van der Waals surface area contributed by atoms with Gasteiger partial charge in [-0.1, -0.05) is 103 Å². The Hall–Kier alpha value is -5.58. The van der Waals surface area contributed by atoms with Gasteiger partial charge in [0.05, 0.1) is 26.9 Å². The first kappa shape index (κ1) is 23.9. The van der Waals surface area contributed by atoms with Gasteiger partial charge in [0.15, 0.2) is 5.65 Å². The zero-order valence-electron chi connectivity index (χ0n) is 23.5. The van der Waals surface area contributed by atoms with E-state index in [0.717, 1.165) is 39.0 Å². The quantitative estimate of drug-likeness (QED) is 0.191. The van der Waals surface area contributed by atoms with Crippen molar-refractivity contribution in [2.24, 2.45) is 0 Å². The molecule has 204 valence electrons. The molecule has 3 nitrogen and oxygen atoms in total. The fourth-order valence-corrected chi connectivity index (χ4v) is 7.98. The molecule has 4 heteroatoms. The highest BCUT2D eigenvalue weighted by Gasteiger charge is 2.18. The Bertz CT molecular complexity index is 2760. The van der Waals surface area contributed by atoms with Crippen LogP contribution in [0.25, 0.3) is 91.7 Å². The van der Waals surface area contributed by atoms with Crippen LogP contribution in [0.15, 0.2) is 140 Å². The third-order valence-corrected chi connectivity index (χ3v) is 10.2. The minimum Gasteiger partial charge on any atom is -0.291 e. The van der Waals surface area contributed by atoms with E-state index in [1.165, 1.54) is 52.7 Å². The number of pyridine rings is 2. The van der Waals surface area contributed by atoms with Gasteiger partial charge in [-0.15, -0.1) is 11.3 Å². The van der Waals surface area contributed by atoms with E-state index in [0.29, 0.717) is 0 Å². The third kappa shape index (κ3) is 3.43. The zero-order chi connectivity index (χ0) is 28.8. The predicted octanol–water partition coefficient (Wildman–Crippen LogP) is 11.0. The van der Waals surface area contributed by atoms with Crippen molar-refractivity contribution >= 4 is 80.6 Å². The summed E-state index contributed by atoms with van der Waals surface area (Å²) in [6, 6.07) is 48.1. The summed E-state index contributed by atoms with van der Waals surface area (Å²) in [6.07, 6.45) is 1.97. The maximum Gasteiger partial charge on any atom is 0.156 e. The van der Waals surface area contributed by atoms with Crippen molar-refractivity contribution < 1.29 is 0 Å². The second-order valence-electron chi connectivity index (χ2n) is 11.5. The summed E-state index contributed by atoms with van der Waals surface area (Å²) in [5, 5.41) is 8.55. The van der Waals surface area contributed by atoms with Crippen molar-refractivity contribution in [2.75, 3.05) is 0 Å². The zero-order valence-corrected chi connectivity index (χ0v) is 24.3. The first-order valence-electron chi connectivity index (χ1n) is 14.8. The van der Waals surface area contributed by atoms with Crippen LogP contribution in [0.3, 0.4) is 0 Å². The molecule has 0 saturated carbocycles. The van der Waals surface area contributed by atoms with Crippen LogP contribution >= 0.6 is 11.3 Å². The summed E-state index contributed by atoms with van der Waals surface area (Å²) in [6.45, 7) is 0. The molecule has 0 amide bonds. The van der Waals surface area contributed by atoms with E-state index >= 15 is 0 Å². The SMILES string of the molecule is c1ccc2cc3c(cc2c1)nc1c2sc4ccccc4c2cc(-c2ccc(-c4ccc5c(c4)ncc4ccccc45)cc2)n31. The van der Waals surface area contributed by atoms with Crippen LogP contribution in [0.1, 0.15) is 0 Å². The first-order valence-corrected chi connectivity index (χ1v) is 15.6. The van der Waals surface area contributed by atoms with E-state index in [1.807, 2.05) is 17.5 Å². The van der Waals surface area contributed by atoms with Crippen molar-refractivity contribution in [1.82, 2.24) is 14.4 Å². The van der Waals surface area contributed by atoms with Gasteiger partial charge >= 0.3 is 0 Å². The molecule has 0 radical (unpaired) electrons. The van der Waals surface area contributed by atoms with E-state index in [9.17, 15) is 0 Å². The molecule has 0 fully saturated rings. The van der Waals surface area contributed by atoms with Gasteiger partial charge in [-0.25, -0.2) is 4.98 Å². The van der Waals surface area contributed by atoms with Crippen molar-refractivity contribution in [3.8, 4) is 22.4 Å². The molecule has 0 aliphatic carbocycles. The summed E-state index contributed by atoms with van der Waals surface area (Å²) in [5.41, 5.74) is 8.81. The van der Waals surface area contributed by atoms with Crippen LogP contribution in [-0.2, 0) is 0 Å². The molecule has 10 rings (SSSR count). The van der Waals surface area contributed by atoms with Gasteiger partial charge < -0.3 is 0 Å². The fraction of sp³-hybridized carbons (Fsp3) is 0. The van der Waals surface area contributed by atoms with Gasteiger partial charge in [0.25, 0.3) is 0 Å². The van der Waals surface area contributed by atoms with Crippen LogP contribution in [0.5, 0.6) is 0 Å². The minimum absolute atomic E-state index is 1.01. The smallest absolute Gasteiger partial charge is 0.156 e. The van der Waals surface area contributed by atoms with Crippen molar-refractivity contribution in [2.45, 2.75) is 0 Å². The maximum absolute atomic E-state index is 5.26. The predicted molar refractivity (Wildman–Crippen MR) is 187 cm³/mol. The first-order chi connectivity index (χ1) is 21.8. The monoisotopic (exact) mass is 577 g/mol. The lowest BCUT2D eigenvalue weighted by Gasteiger charge is -2.11. The van der Waals surface area contributed by atoms with Gasteiger partial charge in [0, 0.05) is 32.4 Å². The lowest BCUT2D eigenvalue weighted by atomic mass is 9.99. The molecule has 0 atom stereocenters. The Labute approximate surface area is 256 Å². The van der Waals surface area contributed by atoms with Crippen LogP contribution in [0, 0.1) is 0 Å². The van der Waals surface area contributed by atoms with Gasteiger partial charge in [-0.05, 0) is 63.2 Å². The van der Waals surface area contributed by atoms with Crippen molar-refractivity contribution in [3.63, 3.8) is 0 Å². The Morgan fingerprint density at radius 2 is 1.20 bits per heavy atom. The maximum atomic E-state index is 5.26. The normalized spacial score (nSPS) is 12.1. The molecule has 0 aliphatic heterocycles. The van der Waals surface area contributed by atoms with Gasteiger partial charge in [0.1, 0.15) is 0 Å². The van der Waals surface area contributed by atoms with Crippen molar-refractivity contribution in [1.29, 1.82) is 0 Å². The summed E-state index contributed by atoms with van der Waals surface area (Å²) in [7, 11) is 0. The molecule has 6 aromatic carbocycles. The molecule has 4 aromatic heterocycles. The van der Waals surface area contributed by atoms with E-state index in [1.54, 1.807) is 0 Å². The highest BCUT2D eigenvalue weighted by molar-refractivity contribution is 7.26. The minimum atomic E-state index is 1.01. The average Bonchev–Trinajstić information content (AvgIpc) is 3.65. The highest BCUT2D eigenvalue weighted by Crippen LogP contribution is 2.41. The molecule has 0 N–H and O–H groups in total. The van der Waals surface area contributed by atoms with Crippen molar-refractivity contribution in [3.05, 3.63) is 140 Å². The summed E-state index contributed by atoms with van der Waals surface area (Å²) >= 11 is 1.83. The number of imidazole rings is 1. The Balaban J connectivity index is 1.19. The standard InChI is InChI=1S/C40H23N3S/c1-2-8-27-21-37-35(20-26(27)7-1)42-40-39-33(32-11-5-6-12-38(32)44-39)22-36(43(37)40)25-15-13-24(14-16-25)28-17-18-31-30-10-4-3-9-29(30)23-41-34(31)19-28/h1-23H. The topological polar surface area (TPSA) is 30.2 Å². The second-order valence-corrected chi connectivity index (χ2v) is 12.5. The largest absolute Gasteiger partial charge is 0.291 e. The molecule has 0 bridgehead atoms. The molecular formula is C40H23N3S. The van der Waals surface area contributed by atoms with E-state index in [-0.39, 0.29) is 0 Å². The molecule has 4 heterocycles. The van der Waals surface area contributed by atoms with Gasteiger partial charge in [-0.2, -0.15) is 0 Å². The van der Waals surface area contributed by atoms with Crippen LogP contribution < -0.4 is 0 Å². The lowest BCUT2D eigenvalue weighted by molar-refractivity contribution is 1.25. The summed E-state index contributed by atoms with van der Waals surface area (Å²) in [5.74, 6) is 0. The Morgan fingerprint density at radius 3 is 2.07 bits per heavy atom. The number of benzene rings is 6. The van der Waals surface area contributed by atoms with E-state index in [2.05, 4.69) is 138 Å². The van der Waals surface area contributed by atoms with Crippen LogP contribution in [-0.4, -0.2) is 14.4 Å². The fourth-order valence-electron chi connectivity index (χ4n) is 6.82. The molecular weight excluding hydrogens is 555 g/mol. The van der Waals surface area contributed by atoms with Crippen LogP contribution in [0.2, 0.25) is 0 Å². The molecule has 0 aliphatic rings. The molecule has 0 spiro atoms. The molecule has 10 aromatic rings. The number of fused-ring (bicyclic) bond motifs is 11. The number of aromatic nitrogens is 3. The number of thiophene rings is 1. The Morgan fingerprint density at radius 1 is 0.500 bits per heavy atom.